The molecule has 1 unspecified atom stereocenters. The van der Waals surface area contributed by atoms with Gasteiger partial charge in [-0.25, -0.2) is 17.6 Å². The summed E-state index contributed by atoms with van der Waals surface area (Å²) in [7, 11) is -2.68. The SMILES string of the molecule is C/C=C/CCCC(=O)O[C@H]1C[C@@H](OC(C)C)[C@H](/C=C/[C@@H](C)C(F)(F)CCCC)[C@H]1C/C=C/C[C@@H]1[C@@H](/C=C/[C@@H](O[Si](C)(C)C(C)(C)C)C(F)(F)CCCC)[C@H](OC(C)OCC)C[C@@H]1OC(=O)CCC/C=C/C. The molecule has 0 aromatic heterocycles. The third-order valence-electron chi connectivity index (χ3n) is 14.6. The van der Waals surface area contributed by atoms with E-state index in [-0.39, 0.29) is 72.6 Å². The number of hydrogen-bond acceptors (Lipinski definition) is 8. The van der Waals surface area contributed by atoms with Gasteiger partial charge in [0.2, 0.25) is 0 Å². The molecule has 8 nitrogen and oxygen atoms in total. The molecule has 2 fully saturated rings. The van der Waals surface area contributed by atoms with Crippen LogP contribution in [0.2, 0.25) is 18.1 Å². The number of carbonyl (C=O) groups is 2. The molecule has 13 heteroatoms. The summed E-state index contributed by atoms with van der Waals surface area (Å²) < 4.78 is 101. The zero-order chi connectivity index (χ0) is 53.4. The number of esters is 2. The van der Waals surface area contributed by atoms with Crippen LogP contribution in [0.3, 0.4) is 0 Å². The lowest BCUT2D eigenvalue weighted by molar-refractivity contribution is -0.164. The van der Waals surface area contributed by atoms with Crippen LogP contribution in [0.1, 0.15) is 186 Å². The molecule has 0 bridgehead atoms. The summed E-state index contributed by atoms with van der Waals surface area (Å²) in [6.07, 6.45) is 21.0. The molecular weight excluding hydrogens is 929 g/mol. The van der Waals surface area contributed by atoms with Gasteiger partial charge in [0.1, 0.15) is 18.3 Å². The van der Waals surface area contributed by atoms with Crippen molar-refractivity contribution in [3.63, 3.8) is 0 Å². The van der Waals surface area contributed by atoms with E-state index in [9.17, 15) is 9.59 Å². The molecule has 2 aliphatic rings. The topological polar surface area (TPSA) is 89.5 Å². The van der Waals surface area contributed by atoms with E-state index in [0.29, 0.717) is 70.8 Å². The first-order chi connectivity index (χ1) is 33.4. The fourth-order valence-electron chi connectivity index (χ4n) is 9.40. The highest BCUT2D eigenvalue weighted by molar-refractivity contribution is 6.74. The van der Waals surface area contributed by atoms with E-state index in [1.165, 1.54) is 6.08 Å². The van der Waals surface area contributed by atoms with E-state index in [2.05, 4.69) is 0 Å². The lowest BCUT2D eigenvalue weighted by atomic mass is 9.86. The van der Waals surface area contributed by atoms with Gasteiger partial charge in [0, 0.05) is 74.7 Å². The van der Waals surface area contributed by atoms with Gasteiger partial charge in [-0.1, -0.05) is 115 Å². The molecule has 0 saturated heterocycles. The number of allylic oxidation sites excluding steroid dienone is 7. The molecule has 11 atom stereocenters. The van der Waals surface area contributed by atoms with Gasteiger partial charge in [-0.05, 0) is 111 Å². The van der Waals surface area contributed by atoms with E-state index >= 15 is 17.6 Å². The van der Waals surface area contributed by atoms with Crippen LogP contribution >= 0.6 is 0 Å². The first-order valence-corrected chi connectivity index (χ1v) is 30.3. The Hall–Kier alpha value is -2.58. The van der Waals surface area contributed by atoms with Crippen LogP contribution in [-0.4, -0.2) is 81.6 Å². The third kappa shape index (κ3) is 22.4. The van der Waals surface area contributed by atoms with Gasteiger partial charge >= 0.3 is 11.9 Å². The van der Waals surface area contributed by atoms with E-state index in [0.717, 1.165) is 12.8 Å². The molecule has 0 aromatic rings. The second-order valence-electron chi connectivity index (χ2n) is 21.9. The summed E-state index contributed by atoms with van der Waals surface area (Å²) >= 11 is 0. The first-order valence-electron chi connectivity index (χ1n) is 27.4. The van der Waals surface area contributed by atoms with Crippen molar-refractivity contribution >= 4 is 20.3 Å². The predicted octanol–water partition coefficient (Wildman–Crippen LogP) is 16.3. The largest absolute Gasteiger partial charge is 0.462 e. The van der Waals surface area contributed by atoms with Crippen LogP contribution < -0.4 is 0 Å². The number of halogens is 4. The number of carbonyl (C=O) groups excluding carboxylic acids is 2. The van der Waals surface area contributed by atoms with Crippen LogP contribution in [0.15, 0.2) is 60.8 Å². The highest BCUT2D eigenvalue weighted by atomic mass is 28.4. The minimum atomic E-state index is -3.14. The van der Waals surface area contributed by atoms with Crippen molar-refractivity contribution in [3.8, 4) is 0 Å². The van der Waals surface area contributed by atoms with Crippen LogP contribution in [0.25, 0.3) is 0 Å². The lowest BCUT2D eigenvalue weighted by Crippen LogP contribution is -2.48. The third-order valence-corrected chi connectivity index (χ3v) is 19.1. The molecule has 0 N–H and O–H groups in total. The van der Waals surface area contributed by atoms with Gasteiger partial charge in [0.25, 0.3) is 11.8 Å². The second-order valence-corrected chi connectivity index (χ2v) is 26.6. The van der Waals surface area contributed by atoms with Crippen molar-refractivity contribution in [3.05, 3.63) is 60.8 Å². The number of alkyl halides is 4. The average molecular weight is 1030 g/mol. The molecule has 2 rings (SSSR count). The van der Waals surface area contributed by atoms with Crippen molar-refractivity contribution in [2.45, 2.75) is 259 Å². The molecule has 410 valence electrons. The zero-order valence-corrected chi connectivity index (χ0v) is 47.5. The van der Waals surface area contributed by atoms with Gasteiger partial charge in [-0.15, -0.1) is 0 Å². The number of hydrogen-bond donors (Lipinski definition) is 0. The molecular formula is C58H98F4O8Si. The fraction of sp³-hybridized carbons (Fsp3) is 0.793. The molecule has 0 radical (unpaired) electrons. The summed E-state index contributed by atoms with van der Waals surface area (Å²) in [6, 6.07) is 0. The molecule has 0 aromatic carbocycles. The minimum Gasteiger partial charge on any atom is -0.462 e. The van der Waals surface area contributed by atoms with Crippen molar-refractivity contribution in [2.24, 2.45) is 29.6 Å². The summed E-state index contributed by atoms with van der Waals surface area (Å²) in [4.78, 5) is 26.9. The Labute approximate surface area is 429 Å². The van der Waals surface area contributed by atoms with Gasteiger partial charge in [-0.3, -0.25) is 9.59 Å². The van der Waals surface area contributed by atoms with E-state index in [4.69, 9.17) is 28.1 Å². The summed E-state index contributed by atoms with van der Waals surface area (Å²) in [6.45, 7) is 27.3. The predicted molar refractivity (Wildman–Crippen MR) is 283 cm³/mol. The summed E-state index contributed by atoms with van der Waals surface area (Å²) in [5.41, 5.74) is 0. The van der Waals surface area contributed by atoms with Gasteiger partial charge in [0.15, 0.2) is 14.6 Å². The smallest absolute Gasteiger partial charge is 0.306 e. The standard InChI is InChI=1S/C58H98F4O8Si/c1-15-20-24-26-32-54(63)68-51-40-49(66-42(6)7)47(35-34-43(8)57(59,60)38-22-17-3)45(51)30-28-29-31-46-48(36-37-53(58(61,62)39-23-18-4)70-71(13,14)56(10,11)12)50(67-44(9)65-19-5)41-52(46)69-55(64)33-27-25-21-16-2/h15-16,20-21,28-29,34-37,42-53H,17-19,22-27,30-33,38-41H2,1-14H3/b20-15+,21-16+,29-28+,35-34+,37-36+/t43-,44?,45-,46-,47-,48-,49-,50-,51+,52+,53-/m1/s1. The Morgan fingerprint density at radius 3 is 1.55 bits per heavy atom. The Balaban J connectivity index is 2.72. The second kappa shape index (κ2) is 32.0. The molecule has 0 heterocycles. The van der Waals surface area contributed by atoms with E-state index < -0.39 is 62.7 Å². The maximum Gasteiger partial charge on any atom is 0.306 e. The first kappa shape index (κ1) is 64.5. The van der Waals surface area contributed by atoms with Crippen molar-refractivity contribution in [1.29, 1.82) is 0 Å². The van der Waals surface area contributed by atoms with Crippen LogP contribution in [-0.2, 0) is 37.7 Å². The molecule has 0 amide bonds. The minimum absolute atomic E-state index is 0.153. The molecule has 0 spiro atoms. The van der Waals surface area contributed by atoms with Crippen LogP contribution in [0, 0.1) is 29.6 Å². The van der Waals surface area contributed by atoms with Gasteiger partial charge in [0.05, 0.1) is 18.3 Å². The van der Waals surface area contributed by atoms with E-state index in [1.807, 2.05) is 138 Å². The lowest BCUT2D eigenvalue weighted by Gasteiger charge is -2.40. The Kier molecular flexibility index (Phi) is 29.1. The monoisotopic (exact) mass is 1030 g/mol. The Morgan fingerprint density at radius 2 is 1.11 bits per heavy atom. The average Bonchev–Trinajstić information content (AvgIpc) is 3.77. The Bertz CT molecular complexity index is 1670. The number of unbranched alkanes of at least 4 members (excludes halogenated alkanes) is 4. The maximum absolute atomic E-state index is 16.4. The normalized spacial score (nSPS) is 25.2. The molecule has 2 aliphatic carbocycles. The molecule has 2 saturated carbocycles. The number of ether oxygens (including phenoxy) is 5. The molecule has 71 heavy (non-hydrogen) atoms. The Morgan fingerprint density at radius 1 is 0.648 bits per heavy atom. The van der Waals surface area contributed by atoms with E-state index in [1.54, 1.807) is 13.0 Å². The van der Waals surface area contributed by atoms with Crippen molar-refractivity contribution in [2.75, 3.05) is 6.61 Å². The summed E-state index contributed by atoms with van der Waals surface area (Å²) in [5.74, 6) is -9.10. The van der Waals surface area contributed by atoms with Crippen LogP contribution in [0.4, 0.5) is 17.6 Å². The quantitative estimate of drug-likeness (QED) is 0.0157. The van der Waals surface area contributed by atoms with Crippen molar-refractivity contribution < 1.29 is 55.3 Å². The van der Waals surface area contributed by atoms with Crippen molar-refractivity contribution in [1.82, 2.24) is 0 Å². The molecule has 0 aliphatic heterocycles. The zero-order valence-electron chi connectivity index (χ0n) is 46.5. The highest BCUT2D eigenvalue weighted by Crippen LogP contribution is 2.45. The van der Waals surface area contributed by atoms with Crippen LogP contribution in [0.5, 0.6) is 0 Å². The fourth-order valence-corrected chi connectivity index (χ4v) is 10.6. The van der Waals surface area contributed by atoms with Gasteiger partial charge in [-0.2, -0.15) is 0 Å². The van der Waals surface area contributed by atoms with Gasteiger partial charge < -0.3 is 28.1 Å². The summed E-state index contributed by atoms with van der Waals surface area (Å²) in [5, 5.41) is -0.317. The highest BCUT2D eigenvalue weighted by Gasteiger charge is 2.49. The maximum atomic E-state index is 16.4. The number of rotatable bonds is 34.